The summed E-state index contributed by atoms with van der Waals surface area (Å²) in [5, 5.41) is 9.20. The zero-order valence-corrected chi connectivity index (χ0v) is 16.7. The first kappa shape index (κ1) is 21.5. The minimum Gasteiger partial charge on any atom is -0.444 e. The molecule has 0 unspecified atom stereocenters. The summed E-state index contributed by atoms with van der Waals surface area (Å²) in [4.78, 5) is 18.7. The summed E-state index contributed by atoms with van der Waals surface area (Å²) < 4.78 is 5.20. The smallest absolute Gasteiger partial charge is 0.407 e. The van der Waals surface area contributed by atoms with Gasteiger partial charge in [-0.05, 0) is 59.5 Å². The molecule has 0 atom stereocenters. The lowest BCUT2D eigenvalue weighted by Crippen LogP contribution is -2.43. The minimum atomic E-state index is -0.472. The molecule has 0 radical (unpaired) electrons. The highest BCUT2D eigenvalue weighted by Gasteiger charge is 2.16. The Bertz CT molecular complexity index is 412. The van der Waals surface area contributed by atoms with E-state index in [1.54, 1.807) is 0 Å². The average molecular weight is 356 g/mol. The molecule has 146 valence electrons. The Morgan fingerprint density at radius 1 is 1.16 bits per heavy atom. The number of nitrogens with zero attached hydrogens (tertiary/aromatic N) is 2. The van der Waals surface area contributed by atoms with Crippen LogP contribution in [0.1, 0.15) is 47.5 Å². The van der Waals surface area contributed by atoms with E-state index in [4.69, 9.17) is 4.74 Å². The molecule has 1 rings (SSSR count). The summed E-state index contributed by atoms with van der Waals surface area (Å²) in [6.45, 7) is 16.0. The zero-order valence-electron chi connectivity index (χ0n) is 16.7. The number of rotatable bonds is 7. The van der Waals surface area contributed by atoms with Crippen LogP contribution in [-0.4, -0.2) is 68.4 Å². The van der Waals surface area contributed by atoms with E-state index < -0.39 is 11.7 Å². The van der Waals surface area contributed by atoms with Gasteiger partial charge >= 0.3 is 6.09 Å². The summed E-state index contributed by atoms with van der Waals surface area (Å²) in [5.41, 5.74) is -0.472. The molecule has 1 fully saturated rings. The molecule has 7 nitrogen and oxygen atoms in total. The molecule has 0 aromatic rings. The van der Waals surface area contributed by atoms with Crippen LogP contribution >= 0.6 is 0 Å². The van der Waals surface area contributed by atoms with Gasteiger partial charge in [0.2, 0.25) is 0 Å². The average Bonchev–Trinajstić information content (AvgIpc) is 2.51. The Hall–Kier alpha value is -1.50. The van der Waals surface area contributed by atoms with Crippen LogP contribution in [0, 0.1) is 5.92 Å². The van der Waals surface area contributed by atoms with Gasteiger partial charge in [-0.1, -0.05) is 6.92 Å². The molecule has 0 saturated carbocycles. The van der Waals surface area contributed by atoms with Gasteiger partial charge in [0.05, 0.1) is 6.54 Å². The Morgan fingerprint density at radius 3 is 2.40 bits per heavy atom. The first-order chi connectivity index (χ1) is 11.8. The summed E-state index contributed by atoms with van der Waals surface area (Å²) in [6.07, 6.45) is 2.19. The van der Waals surface area contributed by atoms with Crippen molar-refractivity contribution in [2.24, 2.45) is 10.9 Å². The first-order valence-corrected chi connectivity index (χ1v) is 9.51. The van der Waals surface area contributed by atoms with Crippen molar-refractivity contribution in [3.63, 3.8) is 0 Å². The number of carbonyl (C=O) groups excluding carboxylic acids is 1. The largest absolute Gasteiger partial charge is 0.444 e. The monoisotopic (exact) mass is 355 g/mol. The van der Waals surface area contributed by atoms with Crippen LogP contribution in [-0.2, 0) is 4.74 Å². The van der Waals surface area contributed by atoms with Crippen molar-refractivity contribution in [2.45, 2.75) is 53.1 Å². The topological polar surface area (TPSA) is 78.0 Å². The molecule has 0 spiro atoms. The third kappa shape index (κ3) is 10.9. The lowest BCUT2D eigenvalue weighted by Gasteiger charge is -2.29. The molecule has 0 aromatic heterocycles. The SMILES string of the molecule is CCNC(=NCCN1CCC(C)CC1)NCCNC(=O)OC(C)(C)C. The molecule has 1 heterocycles. The quantitative estimate of drug-likeness (QED) is 0.369. The van der Waals surface area contributed by atoms with Crippen LogP contribution in [0.15, 0.2) is 4.99 Å². The van der Waals surface area contributed by atoms with Crippen molar-refractivity contribution < 1.29 is 9.53 Å². The van der Waals surface area contributed by atoms with Crippen LogP contribution in [0.2, 0.25) is 0 Å². The van der Waals surface area contributed by atoms with E-state index in [0.717, 1.165) is 31.5 Å². The van der Waals surface area contributed by atoms with Crippen molar-refractivity contribution in [1.29, 1.82) is 0 Å². The van der Waals surface area contributed by atoms with E-state index >= 15 is 0 Å². The van der Waals surface area contributed by atoms with Gasteiger partial charge in [-0.25, -0.2) is 4.79 Å². The fourth-order valence-electron chi connectivity index (χ4n) is 2.59. The molecular formula is C18H37N5O2. The van der Waals surface area contributed by atoms with Gasteiger partial charge in [0.25, 0.3) is 0 Å². The van der Waals surface area contributed by atoms with E-state index in [9.17, 15) is 4.79 Å². The minimum absolute atomic E-state index is 0.393. The predicted octanol–water partition coefficient (Wildman–Crippen LogP) is 1.80. The van der Waals surface area contributed by atoms with Crippen LogP contribution < -0.4 is 16.0 Å². The van der Waals surface area contributed by atoms with Crippen molar-refractivity contribution in [3.05, 3.63) is 0 Å². The van der Waals surface area contributed by atoms with E-state index in [1.807, 2.05) is 27.7 Å². The summed E-state index contributed by atoms with van der Waals surface area (Å²) >= 11 is 0. The molecule has 1 aliphatic heterocycles. The highest BCUT2D eigenvalue weighted by Crippen LogP contribution is 2.15. The summed E-state index contributed by atoms with van der Waals surface area (Å²) in [6, 6.07) is 0. The number of hydrogen-bond donors (Lipinski definition) is 3. The molecule has 0 aromatic carbocycles. The van der Waals surface area contributed by atoms with Gasteiger partial charge in [-0.15, -0.1) is 0 Å². The van der Waals surface area contributed by atoms with Gasteiger partial charge < -0.3 is 25.6 Å². The summed E-state index contributed by atoms with van der Waals surface area (Å²) in [5.74, 6) is 1.65. The van der Waals surface area contributed by atoms with E-state index in [0.29, 0.717) is 13.1 Å². The van der Waals surface area contributed by atoms with Crippen LogP contribution in [0.5, 0.6) is 0 Å². The number of ether oxygens (including phenoxy) is 1. The van der Waals surface area contributed by atoms with Gasteiger partial charge in [0.15, 0.2) is 5.96 Å². The number of carbonyl (C=O) groups is 1. The fourth-order valence-corrected chi connectivity index (χ4v) is 2.59. The number of nitrogens with one attached hydrogen (secondary N) is 3. The van der Waals surface area contributed by atoms with Crippen LogP contribution in [0.4, 0.5) is 4.79 Å². The molecular weight excluding hydrogens is 318 g/mol. The Labute approximate surface area is 153 Å². The standard InChI is InChI=1S/C18H37N5O2/c1-6-19-16(20-9-10-22-17(24)25-18(3,4)5)21-11-14-23-12-7-15(2)8-13-23/h15H,6-14H2,1-5H3,(H,22,24)(H2,19,20,21). The van der Waals surface area contributed by atoms with E-state index in [2.05, 4.69) is 32.8 Å². The first-order valence-electron chi connectivity index (χ1n) is 9.51. The molecule has 1 saturated heterocycles. The number of hydrogen-bond acceptors (Lipinski definition) is 4. The zero-order chi connectivity index (χ0) is 18.7. The van der Waals surface area contributed by atoms with E-state index in [1.165, 1.54) is 25.9 Å². The Morgan fingerprint density at radius 2 is 1.80 bits per heavy atom. The maximum atomic E-state index is 11.6. The molecule has 1 amide bonds. The highest BCUT2D eigenvalue weighted by atomic mass is 16.6. The van der Waals surface area contributed by atoms with Crippen molar-refractivity contribution in [3.8, 4) is 0 Å². The molecule has 7 heteroatoms. The van der Waals surface area contributed by atoms with Crippen LogP contribution in [0.3, 0.4) is 0 Å². The second-order valence-electron chi connectivity index (χ2n) is 7.64. The molecule has 25 heavy (non-hydrogen) atoms. The second-order valence-corrected chi connectivity index (χ2v) is 7.64. The van der Waals surface area contributed by atoms with Crippen molar-refractivity contribution in [2.75, 3.05) is 45.8 Å². The lowest BCUT2D eigenvalue weighted by molar-refractivity contribution is 0.0529. The molecule has 3 N–H and O–H groups in total. The van der Waals surface area contributed by atoms with Crippen molar-refractivity contribution >= 4 is 12.1 Å². The number of amides is 1. The third-order valence-corrected chi connectivity index (χ3v) is 3.99. The number of guanidine groups is 1. The maximum Gasteiger partial charge on any atom is 0.407 e. The molecule has 0 bridgehead atoms. The van der Waals surface area contributed by atoms with Gasteiger partial charge in [-0.2, -0.15) is 0 Å². The van der Waals surface area contributed by atoms with Crippen molar-refractivity contribution in [1.82, 2.24) is 20.9 Å². The number of likely N-dealkylation sites (tertiary alicyclic amines) is 1. The van der Waals surface area contributed by atoms with Gasteiger partial charge in [0.1, 0.15) is 5.60 Å². The number of piperidine rings is 1. The third-order valence-electron chi connectivity index (χ3n) is 3.99. The second kappa shape index (κ2) is 11.2. The van der Waals surface area contributed by atoms with Crippen LogP contribution in [0.25, 0.3) is 0 Å². The molecule has 1 aliphatic rings. The van der Waals surface area contributed by atoms with E-state index in [-0.39, 0.29) is 0 Å². The highest BCUT2D eigenvalue weighted by molar-refractivity contribution is 5.79. The Kier molecular flexibility index (Phi) is 9.63. The van der Waals surface area contributed by atoms with Gasteiger partial charge in [-0.3, -0.25) is 4.99 Å². The lowest BCUT2D eigenvalue weighted by atomic mass is 9.99. The summed E-state index contributed by atoms with van der Waals surface area (Å²) in [7, 11) is 0. The predicted molar refractivity (Wildman–Crippen MR) is 103 cm³/mol. The number of aliphatic imine (C=N–C) groups is 1. The molecule has 0 aliphatic carbocycles. The Balaban J connectivity index is 2.23. The maximum absolute atomic E-state index is 11.6. The fraction of sp³-hybridized carbons (Fsp3) is 0.889. The van der Waals surface area contributed by atoms with Gasteiger partial charge in [0, 0.05) is 26.2 Å². The normalized spacial score (nSPS) is 17.2. The number of alkyl carbamates (subject to hydrolysis) is 1.